The Bertz CT molecular complexity index is 993. The Hall–Kier alpha value is -2.66. The fourth-order valence-electron chi connectivity index (χ4n) is 3.43. The van der Waals surface area contributed by atoms with Crippen molar-refractivity contribution < 1.29 is 4.79 Å². The SMILES string of the molecule is Cc1ccccc1CC(=O)N1Cc2ccccc2-c2nc(N(C)C)sc2C1. The third-order valence-corrected chi connectivity index (χ3v) is 6.20. The van der Waals surface area contributed by atoms with Gasteiger partial charge in [-0.15, -0.1) is 0 Å². The molecule has 138 valence electrons. The summed E-state index contributed by atoms with van der Waals surface area (Å²) in [6.45, 7) is 3.30. The van der Waals surface area contributed by atoms with E-state index >= 15 is 0 Å². The number of carbonyl (C=O) groups is 1. The van der Waals surface area contributed by atoms with E-state index in [0.717, 1.165) is 38.0 Å². The van der Waals surface area contributed by atoms with Crippen molar-refractivity contribution in [1.29, 1.82) is 0 Å². The summed E-state index contributed by atoms with van der Waals surface area (Å²) < 4.78 is 0. The number of carbonyl (C=O) groups excluding carboxylic acids is 1. The Morgan fingerprint density at radius 3 is 2.63 bits per heavy atom. The van der Waals surface area contributed by atoms with E-state index < -0.39 is 0 Å². The van der Waals surface area contributed by atoms with Crippen molar-refractivity contribution in [1.82, 2.24) is 9.88 Å². The van der Waals surface area contributed by atoms with Crippen molar-refractivity contribution in [2.24, 2.45) is 0 Å². The minimum absolute atomic E-state index is 0.159. The lowest BCUT2D eigenvalue weighted by Gasteiger charge is -2.21. The number of benzene rings is 2. The Morgan fingerprint density at radius 2 is 1.85 bits per heavy atom. The van der Waals surface area contributed by atoms with Gasteiger partial charge >= 0.3 is 0 Å². The average Bonchev–Trinajstić information content (AvgIpc) is 3.01. The highest BCUT2D eigenvalue weighted by atomic mass is 32.1. The van der Waals surface area contributed by atoms with Gasteiger partial charge in [0.25, 0.3) is 0 Å². The molecular weight excluding hydrogens is 354 g/mol. The molecule has 3 aromatic rings. The van der Waals surface area contributed by atoms with Crippen molar-refractivity contribution in [2.75, 3.05) is 19.0 Å². The molecule has 1 aliphatic heterocycles. The van der Waals surface area contributed by atoms with Crippen LogP contribution in [0.4, 0.5) is 5.13 Å². The number of nitrogens with zero attached hydrogens (tertiary/aromatic N) is 3. The summed E-state index contributed by atoms with van der Waals surface area (Å²) in [6.07, 6.45) is 0.434. The minimum atomic E-state index is 0.159. The Kier molecular flexibility index (Phi) is 4.70. The summed E-state index contributed by atoms with van der Waals surface area (Å²) >= 11 is 1.67. The second-order valence-corrected chi connectivity index (χ2v) is 8.23. The fraction of sp³-hybridized carbons (Fsp3) is 0.273. The van der Waals surface area contributed by atoms with E-state index in [4.69, 9.17) is 4.98 Å². The molecule has 0 spiro atoms. The largest absolute Gasteiger partial charge is 0.354 e. The monoisotopic (exact) mass is 377 g/mol. The quantitative estimate of drug-likeness (QED) is 0.684. The third-order valence-electron chi connectivity index (χ3n) is 4.99. The van der Waals surface area contributed by atoms with E-state index in [1.165, 1.54) is 0 Å². The van der Waals surface area contributed by atoms with Crippen LogP contribution in [0.5, 0.6) is 0 Å². The second kappa shape index (κ2) is 7.16. The van der Waals surface area contributed by atoms with Gasteiger partial charge in [0.05, 0.1) is 23.5 Å². The van der Waals surface area contributed by atoms with Gasteiger partial charge in [0.15, 0.2) is 5.13 Å². The summed E-state index contributed by atoms with van der Waals surface area (Å²) in [4.78, 5) is 23.1. The molecule has 4 rings (SSSR count). The molecule has 1 amide bonds. The molecular formula is C22H23N3OS. The first kappa shape index (κ1) is 17.7. The first-order valence-corrected chi connectivity index (χ1v) is 9.92. The van der Waals surface area contributed by atoms with Crippen LogP contribution in [0.15, 0.2) is 48.5 Å². The molecule has 1 aromatic heterocycles. The maximum absolute atomic E-state index is 13.1. The maximum Gasteiger partial charge on any atom is 0.227 e. The number of thiazole rings is 1. The van der Waals surface area contributed by atoms with Gasteiger partial charge in [-0.1, -0.05) is 59.9 Å². The van der Waals surface area contributed by atoms with Crippen LogP contribution in [-0.4, -0.2) is 29.9 Å². The van der Waals surface area contributed by atoms with Crippen LogP contribution in [0.3, 0.4) is 0 Å². The van der Waals surface area contributed by atoms with Crippen molar-refractivity contribution in [3.63, 3.8) is 0 Å². The molecule has 0 saturated heterocycles. The summed E-state index contributed by atoms with van der Waals surface area (Å²) in [5.74, 6) is 0.159. The topological polar surface area (TPSA) is 36.4 Å². The van der Waals surface area contributed by atoms with E-state index in [-0.39, 0.29) is 5.91 Å². The first-order chi connectivity index (χ1) is 13.0. The zero-order valence-corrected chi connectivity index (χ0v) is 16.7. The van der Waals surface area contributed by atoms with Gasteiger partial charge in [-0.3, -0.25) is 4.79 Å². The van der Waals surface area contributed by atoms with Crippen LogP contribution < -0.4 is 4.90 Å². The highest BCUT2D eigenvalue weighted by Gasteiger charge is 2.26. The van der Waals surface area contributed by atoms with E-state index in [0.29, 0.717) is 19.5 Å². The average molecular weight is 378 g/mol. The van der Waals surface area contributed by atoms with Crippen molar-refractivity contribution in [3.05, 3.63) is 70.1 Å². The van der Waals surface area contributed by atoms with E-state index in [1.807, 2.05) is 54.2 Å². The fourth-order valence-corrected chi connectivity index (χ4v) is 4.44. The maximum atomic E-state index is 13.1. The van der Waals surface area contributed by atoms with Crippen LogP contribution in [0.25, 0.3) is 11.3 Å². The number of anilines is 1. The molecule has 0 fully saturated rings. The molecule has 1 aliphatic rings. The van der Waals surface area contributed by atoms with E-state index in [9.17, 15) is 4.79 Å². The number of amides is 1. The molecule has 0 unspecified atom stereocenters. The van der Waals surface area contributed by atoms with Crippen LogP contribution in [0, 0.1) is 6.92 Å². The molecule has 5 heteroatoms. The molecule has 0 bridgehead atoms. The normalized spacial score (nSPS) is 12.9. The smallest absolute Gasteiger partial charge is 0.227 e. The molecule has 2 heterocycles. The Labute approximate surface area is 164 Å². The van der Waals surface area contributed by atoms with Gasteiger partial charge in [0.1, 0.15) is 0 Å². The van der Waals surface area contributed by atoms with Gasteiger partial charge < -0.3 is 9.80 Å². The summed E-state index contributed by atoms with van der Waals surface area (Å²) in [5, 5.41) is 0.975. The number of aryl methyl sites for hydroxylation is 1. The first-order valence-electron chi connectivity index (χ1n) is 9.10. The second-order valence-electron chi connectivity index (χ2n) is 7.17. The summed E-state index contributed by atoms with van der Waals surface area (Å²) in [7, 11) is 4.01. The number of aromatic nitrogens is 1. The molecule has 0 aliphatic carbocycles. The summed E-state index contributed by atoms with van der Waals surface area (Å²) in [5.41, 5.74) is 5.58. The van der Waals surface area contributed by atoms with Crippen molar-refractivity contribution in [3.8, 4) is 11.3 Å². The van der Waals surface area contributed by atoms with Crippen LogP contribution in [-0.2, 0) is 24.3 Å². The van der Waals surface area contributed by atoms with Gasteiger partial charge in [-0.05, 0) is 23.6 Å². The highest BCUT2D eigenvalue weighted by molar-refractivity contribution is 7.16. The molecule has 4 nitrogen and oxygen atoms in total. The lowest BCUT2D eigenvalue weighted by atomic mass is 10.0. The molecule has 0 N–H and O–H groups in total. The third kappa shape index (κ3) is 3.47. The van der Waals surface area contributed by atoms with Crippen LogP contribution in [0.2, 0.25) is 0 Å². The predicted octanol–water partition coefficient (Wildman–Crippen LogP) is 4.27. The van der Waals surface area contributed by atoms with Gasteiger partial charge in [0.2, 0.25) is 5.91 Å². The standard InChI is InChI=1S/C22H23N3OS/c1-15-8-4-5-9-16(15)12-20(26)25-13-17-10-6-7-11-18(17)21-19(14-25)27-22(23-21)24(2)3/h4-11H,12-14H2,1-3H3. The zero-order chi connectivity index (χ0) is 19.0. The minimum Gasteiger partial charge on any atom is -0.354 e. The van der Waals surface area contributed by atoms with Crippen molar-refractivity contribution >= 4 is 22.4 Å². The number of fused-ring (bicyclic) bond motifs is 3. The molecule has 27 heavy (non-hydrogen) atoms. The number of hydrogen-bond donors (Lipinski definition) is 0. The Balaban J connectivity index is 1.70. The summed E-state index contributed by atoms with van der Waals surface area (Å²) in [6, 6.07) is 16.4. The van der Waals surface area contributed by atoms with Gasteiger partial charge in [-0.2, -0.15) is 0 Å². The zero-order valence-electron chi connectivity index (χ0n) is 15.9. The number of rotatable bonds is 3. The molecule has 0 saturated carbocycles. The lowest BCUT2D eigenvalue weighted by molar-refractivity contribution is -0.131. The lowest BCUT2D eigenvalue weighted by Crippen LogP contribution is -2.30. The van der Waals surface area contributed by atoms with E-state index in [2.05, 4.69) is 25.1 Å². The van der Waals surface area contributed by atoms with Crippen LogP contribution >= 0.6 is 11.3 Å². The molecule has 0 atom stereocenters. The van der Waals surface area contributed by atoms with Crippen LogP contribution in [0.1, 0.15) is 21.6 Å². The van der Waals surface area contributed by atoms with E-state index in [1.54, 1.807) is 11.3 Å². The van der Waals surface area contributed by atoms with Gasteiger partial charge in [-0.25, -0.2) is 4.98 Å². The molecule has 0 radical (unpaired) electrons. The molecule has 2 aromatic carbocycles. The van der Waals surface area contributed by atoms with Gasteiger partial charge in [0, 0.05) is 26.2 Å². The Morgan fingerprint density at radius 1 is 1.11 bits per heavy atom. The van der Waals surface area contributed by atoms with Crippen molar-refractivity contribution in [2.45, 2.75) is 26.4 Å². The highest BCUT2D eigenvalue weighted by Crippen LogP contribution is 2.38. The predicted molar refractivity (Wildman–Crippen MR) is 111 cm³/mol. The number of hydrogen-bond acceptors (Lipinski definition) is 4.